The fourth-order valence-corrected chi connectivity index (χ4v) is 1.35. The van der Waals surface area contributed by atoms with Crippen LogP contribution in [-0.2, 0) is 0 Å². The minimum Gasteiger partial charge on any atom is -0.337 e. The predicted molar refractivity (Wildman–Crippen MR) is 63.0 cm³/mol. The van der Waals surface area contributed by atoms with Crippen molar-refractivity contribution >= 4 is 28.2 Å². The maximum Gasteiger partial charge on any atom is 0.0971 e. The number of hydrogen-bond donors (Lipinski definition) is 1. The van der Waals surface area contributed by atoms with Gasteiger partial charge in [-0.15, -0.1) is 10.2 Å². The Hall–Kier alpha value is -0.370. The number of likely N-dealkylation sites (N-methyl/N-ethyl adjacent to an activating group) is 1. The average Bonchev–Trinajstić information content (AvgIpc) is 2.24. The van der Waals surface area contributed by atoms with E-state index in [4.69, 9.17) is 41.8 Å². The lowest BCUT2D eigenvalue weighted by atomic mass is 10.2. The van der Waals surface area contributed by atoms with Crippen molar-refractivity contribution in [3.8, 4) is 0 Å². The van der Waals surface area contributed by atoms with Gasteiger partial charge in [0.15, 0.2) is 0 Å². The van der Waals surface area contributed by atoms with Crippen molar-refractivity contribution in [2.45, 2.75) is 0 Å². The molecule has 8 heteroatoms. The Morgan fingerprint density at radius 2 is 1.58 bits per heavy atom. The van der Waals surface area contributed by atoms with Crippen LogP contribution < -0.4 is 23.5 Å². The molecule has 0 aliphatic heterocycles. The van der Waals surface area contributed by atoms with E-state index in [1.807, 2.05) is 30.3 Å². The standard InChI is InChI=1S/C11H13Cl2N.ClHO4/c1-14(2)8-7-11(13)9-3-5-10(12)6-4-9;2-1(3,4)5/h3-7H,8H2,1-2H3;(H,2,3,4,5)/b11-7-;. The zero-order valence-electron chi connectivity index (χ0n) is 10.4. The highest BCUT2D eigenvalue weighted by atomic mass is 35.7. The molecule has 19 heavy (non-hydrogen) atoms. The van der Waals surface area contributed by atoms with Crippen LogP contribution in [0.1, 0.15) is 5.56 Å². The molecule has 0 aliphatic rings. The van der Waals surface area contributed by atoms with Crippen molar-refractivity contribution in [3.05, 3.63) is 40.9 Å². The van der Waals surface area contributed by atoms with Gasteiger partial charge in [-0.05, 0) is 23.8 Å². The van der Waals surface area contributed by atoms with Gasteiger partial charge in [0.25, 0.3) is 0 Å². The highest BCUT2D eigenvalue weighted by molar-refractivity contribution is 6.48. The average molecular weight is 331 g/mol. The molecule has 0 fully saturated rings. The summed E-state index contributed by atoms with van der Waals surface area (Å²) < 4.78 is 34.0. The molecular weight excluding hydrogens is 316 g/mol. The van der Waals surface area contributed by atoms with E-state index in [2.05, 4.69) is 14.1 Å². The smallest absolute Gasteiger partial charge is 0.0971 e. The second-order valence-electron chi connectivity index (χ2n) is 3.85. The summed E-state index contributed by atoms with van der Waals surface area (Å²) in [6, 6.07) is 7.53. The molecule has 0 saturated heterocycles. The van der Waals surface area contributed by atoms with Crippen LogP contribution in [0.2, 0.25) is 5.02 Å². The largest absolute Gasteiger partial charge is 0.337 e. The highest BCUT2D eigenvalue weighted by Gasteiger charge is 1.98. The second kappa shape index (κ2) is 8.73. The summed E-state index contributed by atoms with van der Waals surface area (Å²) in [5.74, 6) is 0. The van der Waals surface area contributed by atoms with Crippen LogP contribution >= 0.6 is 23.2 Å². The van der Waals surface area contributed by atoms with E-state index in [9.17, 15) is 0 Å². The molecular formula is C11H14Cl3NO4. The fourth-order valence-electron chi connectivity index (χ4n) is 1.02. The first-order chi connectivity index (χ1) is 8.59. The Kier molecular flexibility index (Phi) is 8.56. The quantitative estimate of drug-likeness (QED) is 0.652. The Balaban J connectivity index is 0.000000555. The van der Waals surface area contributed by atoms with E-state index in [0.717, 1.165) is 22.2 Å². The molecule has 108 valence electrons. The second-order valence-corrected chi connectivity index (χ2v) is 5.45. The molecule has 0 unspecified atom stereocenters. The third kappa shape index (κ3) is 12.4. The van der Waals surface area contributed by atoms with Crippen molar-refractivity contribution < 1.29 is 33.8 Å². The Bertz CT molecular complexity index is 395. The van der Waals surface area contributed by atoms with Crippen LogP contribution in [0, 0.1) is 10.2 Å². The fraction of sp³-hybridized carbons (Fsp3) is 0.273. The number of hydrogen-bond acceptors (Lipinski definition) is 4. The van der Waals surface area contributed by atoms with E-state index in [1.54, 1.807) is 0 Å². The van der Waals surface area contributed by atoms with Crippen LogP contribution in [0.5, 0.6) is 0 Å². The minimum atomic E-state index is -4.94. The molecule has 5 nitrogen and oxygen atoms in total. The summed E-state index contributed by atoms with van der Waals surface area (Å²) >= 11 is 11.9. The molecule has 1 aromatic carbocycles. The normalized spacial score (nSPS) is 12.2. The van der Waals surface area contributed by atoms with Gasteiger partial charge < -0.3 is 4.90 Å². The lowest BCUT2D eigenvalue weighted by Gasteiger charge is -2.17. The van der Waals surface area contributed by atoms with Crippen molar-refractivity contribution in [3.63, 3.8) is 0 Å². The summed E-state index contributed by atoms with van der Waals surface area (Å²) in [5, 5.41) is 1.51. The molecule has 0 heterocycles. The molecule has 0 bridgehead atoms. The van der Waals surface area contributed by atoms with E-state index in [-0.39, 0.29) is 0 Å². The summed E-state index contributed by atoms with van der Waals surface area (Å²) in [7, 11) is -0.773. The zero-order valence-corrected chi connectivity index (χ0v) is 12.6. The molecule has 0 aliphatic carbocycles. The maximum absolute atomic E-state index is 8.49. The summed E-state index contributed by atoms with van der Waals surface area (Å²) in [4.78, 5) is 1.34. The molecule has 1 rings (SSSR count). The molecule has 0 amide bonds. The minimum absolute atomic E-state index is 0.733. The number of halogens is 3. The van der Waals surface area contributed by atoms with E-state index < -0.39 is 10.2 Å². The number of quaternary nitrogens is 1. The van der Waals surface area contributed by atoms with E-state index >= 15 is 0 Å². The Morgan fingerprint density at radius 3 is 1.95 bits per heavy atom. The van der Waals surface area contributed by atoms with Gasteiger partial charge in [0.05, 0.1) is 20.6 Å². The van der Waals surface area contributed by atoms with Crippen LogP contribution in [0.15, 0.2) is 30.3 Å². The van der Waals surface area contributed by atoms with Crippen molar-refractivity contribution in [1.29, 1.82) is 0 Å². The first-order valence-electron chi connectivity index (χ1n) is 5.12. The van der Waals surface area contributed by atoms with E-state index in [0.29, 0.717) is 0 Å². The van der Waals surface area contributed by atoms with Gasteiger partial charge in [-0.1, -0.05) is 35.3 Å². The zero-order chi connectivity index (χ0) is 15.1. The Morgan fingerprint density at radius 1 is 1.16 bits per heavy atom. The topological polar surface area (TPSA) is 96.7 Å². The molecule has 0 aromatic heterocycles. The first-order valence-corrected chi connectivity index (χ1v) is 7.11. The van der Waals surface area contributed by atoms with Gasteiger partial charge in [-0.25, -0.2) is 18.6 Å². The van der Waals surface area contributed by atoms with Gasteiger partial charge in [0.1, 0.15) is 0 Å². The SMILES string of the molecule is C[NH+](C)C/C=C(\Cl)c1ccc(Cl)cc1.[O-][Cl+3]([O-])([O-])[O-]. The molecule has 0 radical (unpaired) electrons. The van der Waals surface area contributed by atoms with Gasteiger partial charge in [0.2, 0.25) is 0 Å². The summed E-state index contributed by atoms with van der Waals surface area (Å²) in [6.07, 6.45) is 2.01. The Labute approximate surface area is 124 Å². The van der Waals surface area contributed by atoms with Crippen molar-refractivity contribution in [1.82, 2.24) is 0 Å². The summed E-state index contributed by atoms with van der Waals surface area (Å²) in [6.45, 7) is 0.918. The van der Waals surface area contributed by atoms with Gasteiger partial charge in [0, 0.05) is 10.1 Å². The van der Waals surface area contributed by atoms with Crippen molar-refractivity contribution in [2.75, 3.05) is 20.6 Å². The van der Waals surface area contributed by atoms with Gasteiger partial charge >= 0.3 is 0 Å². The third-order valence-corrected chi connectivity index (χ3v) is 2.43. The molecule has 1 N–H and O–H groups in total. The maximum atomic E-state index is 8.49. The molecule has 0 spiro atoms. The number of benzene rings is 1. The third-order valence-electron chi connectivity index (χ3n) is 1.81. The predicted octanol–water partition coefficient (Wildman–Crippen LogP) is -2.69. The van der Waals surface area contributed by atoms with Gasteiger partial charge in [-0.3, -0.25) is 0 Å². The van der Waals surface area contributed by atoms with Crippen LogP contribution in [0.3, 0.4) is 0 Å². The lowest BCUT2D eigenvalue weighted by molar-refractivity contribution is -2.00. The first kappa shape index (κ1) is 18.6. The van der Waals surface area contributed by atoms with Gasteiger partial charge in [-0.2, -0.15) is 0 Å². The molecule has 0 atom stereocenters. The van der Waals surface area contributed by atoms with Crippen LogP contribution in [0.25, 0.3) is 5.03 Å². The highest BCUT2D eigenvalue weighted by Crippen LogP contribution is 2.20. The molecule has 1 aromatic rings. The molecule has 0 saturated carbocycles. The van der Waals surface area contributed by atoms with Crippen molar-refractivity contribution in [2.24, 2.45) is 0 Å². The van der Waals surface area contributed by atoms with Crippen LogP contribution in [0.4, 0.5) is 0 Å². The lowest BCUT2D eigenvalue weighted by Crippen LogP contribution is -3.05. The number of nitrogens with one attached hydrogen (secondary N) is 1. The van der Waals surface area contributed by atoms with Crippen LogP contribution in [-0.4, -0.2) is 20.6 Å². The monoisotopic (exact) mass is 329 g/mol. The number of rotatable bonds is 3. The summed E-state index contributed by atoms with van der Waals surface area (Å²) in [5.41, 5.74) is 1.01. The van der Waals surface area contributed by atoms with E-state index in [1.165, 1.54) is 4.90 Å².